The van der Waals surface area contributed by atoms with E-state index in [9.17, 15) is 32.7 Å². The van der Waals surface area contributed by atoms with Gasteiger partial charge in [-0.25, -0.2) is 9.97 Å². The number of hydrogen-bond donors (Lipinski definition) is 2. The van der Waals surface area contributed by atoms with E-state index in [0.29, 0.717) is 49.7 Å². The lowest BCUT2D eigenvalue weighted by Crippen LogP contribution is -2.67. The molecule has 0 bridgehead atoms. The van der Waals surface area contributed by atoms with Crippen LogP contribution >= 0.6 is 11.6 Å². The number of alkyl halides is 3. The van der Waals surface area contributed by atoms with Gasteiger partial charge in [0, 0.05) is 25.0 Å². The van der Waals surface area contributed by atoms with Gasteiger partial charge in [0.1, 0.15) is 18.1 Å². The van der Waals surface area contributed by atoms with Crippen molar-refractivity contribution in [2.45, 2.75) is 69.8 Å². The van der Waals surface area contributed by atoms with Crippen molar-refractivity contribution < 1.29 is 32.6 Å². The van der Waals surface area contributed by atoms with Crippen molar-refractivity contribution in [3.8, 4) is 5.75 Å². The van der Waals surface area contributed by atoms with E-state index in [1.807, 2.05) is 17.9 Å². The van der Waals surface area contributed by atoms with Crippen molar-refractivity contribution in [3.63, 3.8) is 0 Å². The first-order valence-electron chi connectivity index (χ1n) is 16.9. The Labute approximate surface area is 298 Å². The first-order chi connectivity index (χ1) is 24.8. The highest BCUT2D eigenvalue weighted by atomic mass is 35.5. The minimum Gasteiger partial charge on any atom is -0.504 e. The molecule has 3 aliphatic heterocycles. The summed E-state index contributed by atoms with van der Waals surface area (Å²) in [7, 11) is 0. The number of nitrogens with one attached hydrogen (secondary N) is 1. The van der Waals surface area contributed by atoms with Crippen molar-refractivity contribution in [2.75, 3.05) is 36.5 Å². The topological polar surface area (TPSA) is 160 Å². The molecule has 2 amide bonds. The van der Waals surface area contributed by atoms with Crippen LogP contribution in [0.25, 0.3) is 11.4 Å². The Hall–Kier alpha value is -5.03. The molecule has 18 heteroatoms. The minimum absolute atomic E-state index is 0.00981. The Morgan fingerprint density at radius 1 is 1.13 bits per heavy atom. The van der Waals surface area contributed by atoms with Crippen LogP contribution in [0.5, 0.6) is 5.75 Å². The molecule has 2 fully saturated rings. The molecule has 0 radical (unpaired) electrons. The second-order valence-corrected chi connectivity index (χ2v) is 13.9. The lowest BCUT2D eigenvalue weighted by Gasteiger charge is -2.54. The summed E-state index contributed by atoms with van der Waals surface area (Å²) >= 11 is 6.21. The summed E-state index contributed by atoms with van der Waals surface area (Å²) < 4.78 is 48.3. The van der Waals surface area contributed by atoms with Crippen LogP contribution in [0.15, 0.2) is 35.4 Å². The molecular weight excluding hydrogens is 707 g/mol. The molecule has 3 aromatic heterocycles. The van der Waals surface area contributed by atoms with E-state index >= 15 is 0 Å². The van der Waals surface area contributed by atoms with Gasteiger partial charge in [0.15, 0.2) is 17.3 Å². The van der Waals surface area contributed by atoms with E-state index in [4.69, 9.17) is 21.3 Å². The molecule has 8 rings (SSSR count). The molecule has 6 heterocycles. The van der Waals surface area contributed by atoms with Gasteiger partial charge in [-0.2, -0.15) is 22.7 Å². The van der Waals surface area contributed by atoms with Crippen molar-refractivity contribution in [1.82, 2.24) is 34.0 Å². The van der Waals surface area contributed by atoms with Crippen molar-refractivity contribution >= 4 is 46.1 Å². The van der Waals surface area contributed by atoms with E-state index in [0.717, 1.165) is 23.8 Å². The average molecular weight is 740 g/mol. The number of rotatable bonds is 5. The van der Waals surface area contributed by atoms with Gasteiger partial charge in [-0.3, -0.25) is 19.0 Å². The van der Waals surface area contributed by atoms with Gasteiger partial charge in [-0.1, -0.05) is 24.6 Å². The molecule has 272 valence electrons. The standard InChI is InChI=1S/C34H33ClF3N9O5/c1-16-13-24(30(49)41-21-4-3-19(14-20(21)35)34(36,37)38)46-26(16)27(32(51)47-33(46)42-29(43-47)18-7-11-52-12-8-18)44-9-10-45(23-6-5-22(23)44)31(50)25-28(48)17(2)39-15-40-25/h3-4,7,14-16,22-24,48H,5-6,8-13H2,1-2H3,(H,41,49)/t16-,22+,23+,24-/m1/s1. The van der Waals surface area contributed by atoms with Crippen LogP contribution in [0.4, 0.5) is 24.5 Å². The van der Waals surface area contributed by atoms with Crippen molar-refractivity contribution in [1.29, 1.82) is 0 Å². The quantitative estimate of drug-likeness (QED) is 0.301. The molecule has 0 spiro atoms. The van der Waals surface area contributed by atoms with Crippen LogP contribution in [-0.4, -0.2) is 89.3 Å². The maximum atomic E-state index is 14.6. The number of amides is 2. The third-order valence-corrected chi connectivity index (χ3v) is 10.8. The smallest absolute Gasteiger partial charge is 0.416 e. The fourth-order valence-electron chi connectivity index (χ4n) is 7.76. The van der Waals surface area contributed by atoms with E-state index in [1.54, 1.807) is 16.4 Å². The largest absolute Gasteiger partial charge is 0.504 e. The maximum absolute atomic E-state index is 14.6. The van der Waals surface area contributed by atoms with E-state index in [2.05, 4.69) is 20.4 Å². The minimum atomic E-state index is -4.61. The number of fused-ring (bicyclic) bond motifs is 4. The van der Waals surface area contributed by atoms with Gasteiger partial charge in [0.25, 0.3) is 11.5 Å². The lowest BCUT2D eigenvalue weighted by molar-refractivity contribution is -0.137. The van der Waals surface area contributed by atoms with Crippen LogP contribution in [0.1, 0.15) is 77.8 Å². The molecule has 1 aromatic carbocycles. The summed E-state index contributed by atoms with van der Waals surface area (Å²) in [5, 5.41) is 17.6. The van der Waals surface area contributed by atoms with Gasteiger partial charge in [-0.15, -0.1) is 5.10 Å². The molecule has 1 saturated carbocycles. The van der Waals surface area contributed by atoms with Gasteiger partial charge in [0.05, 0.1) is 46.9 Å². The average Bonchev–Trinajstić information content (AvgIpc) is 3.69. The molecule has 0 unspecified atom stereocenters. The van der Waals surface area contributed by atoms with Crippen LogP contribution in [0.2, 0.25) is 5.02 Å². The summed E-state index contributed by atoms with van der Waals surface area (Å²) in [5.74, 6) is -1.09. The predicted octanol–water partition coefficient (Wildman–Crippen LogP) is 4.35. The number of anilines is 2. The van der Waals surface area contributed by atoms with Gasteiger partial charge >= 0.3 is 6.18 Å². The summed E-state index contributed by atoms with van der Waals surface area (Å²) in [4.78, 5) is 58.7. The highest BCUT2D eigenvalue weighted by Crippen LogP contribution is 2.45. The number of nitrogens with zero attached hydrogens (tertiary/aromatic N) is 8. The zero-order chi connectivity index (χ0) is 36.6. The highest BCUT2D eigenvalue weighted by Gasteiger charge is 2.49. The normalized spacial score (nSPS) is 22.8. The number of aryl methyl sites for hydroxylation is 1. The van der Waals surface area contributed by atoms with Crippen molar-refractivity contribution in [3.05, 3.63) is 74.4 Å². The van der Waals surface area contributed by atoms with Crippen LogP contribution in [0.3, 0.4) is 0 Å². The molecule has 14 nitrogen and oxygen atoms in total. The van der Waals surface area contributed by atoms with Crippen LogP contribution in [-0.2, 0) is 15.7 Å². The summed E-state index contributed by atoms with van der Waals surface area (Å²) in [6, 6.07) is 1.28. The Kier molecular flexibility index (Phi) is 8.24. The van der Waals surface area contributed by atoms with Crippen LogP contribution < -0.4 is 15.8 Å². The van der Waals surface area contributed by atoms with E-state index in [1.165, 1.54) is 10.8 Å². The number of halogens is 4. The molecule has 4 aliphatic rings. The number of hydrogen-bond acceptors (Lipinski definition) is 10. The van der Waals surface area contributed by atoms with Gasteiger partial charge < -0.3 is 25.0 Å². The predicted molar refractivity (Wildman–Crippen MR) is 181 cm³/mol. The number of carbonyl (C=O) groups excluding carboxylic acids is 2. The third-order valence-electron chi connectivity index (χ3n) is 10.5. The number of carbonyl (C=O) groups is 2. The first kappa shape index (κ1) is 34.1. The Morgan fingerprint density at radius 3 is 2.62 bits per heavy atom. The number of benzene rings is 1. The molecule has 4 aromatic rings. The number of aromatic hydroxyl groups is 1. The highest BCUT2D eigenvalue weighted by molar-refractivity contribution is 6.33. The zero-order valence-corrected chi connectivity index (χ0v) is 28.8. The second kappa shape index (κ2) is 12.6. The molecule has 1 saturated heterocycles. The number of ether oxygens (including phenoxy) is 1. The Bertz CT molecular complexity index is 2240. The van der Waals surface area contributed by atoms with Gasteiger partial charge in [0.2, 0.25) is 11.7 Å². The number of aromatic nitrogens is 6. The maximum Gasteiger partial charge on any atom is 0.416 e. The Morgan fingerprint density at radius 2 is 1.92 bits per heavy atom. The third kappa shape index (κ3) is 5.48. The zero-order valence-electron chi connectivity index (χ0n) is 28.0. The molecule has 2 N–H and O–H groups in total. The fraction of sp³-hybridized carbons (Fsp3) is 0.441. The first-order valence-corrected chi connectivity index (χ1v) is 17.3. The van der Waals surface area contributed by atoms with Crippen LogP contribution in [0, 0.1) is 6.92 Å². The van der Waals surface area contributed by atoms with E-state index < -0.39 is 35.2 Å². The van der Waals surface area contributed by atoms with E-state index in [-0.39, 0.29) is 71.1 Å². The second-order valence-electron chi connectivity index (χ2n) is 13.5. The SMILES string of the molecule is Cc1ncnc(C(=O)N2CCN(c3c4n(c5nc(C6=CCOCC6)nn5c3=O)[C@@H](C(=O)Nc3ccc(C(F)(F)F)cc3Cl)C[C@H]4C)[C@H]3CC[C@@H]32)c1O. The molecule has 52 heavy (non-hydrogen) atoms. The molecular formula is C34H33ClF3N9O5. The Balaban J connectivity index is 1.20. The summed E-state index contributed by atoms with van der Waals surface area (Å²) in [6.07, 6.45) is 0.604. The van der Waals surface area contributed by atoms with Crippen molar-refractivity contribution in [2.24, 2.45) is 0 Å². The molecule has 1 aliphatic carbocycles. The number of piperazine rings is 1. The summed E-state index contributed by atoms with van der Waals surface area (Å²) in [6.45, 7) is 4.82. The molecule has 4 atom stereocenters. The lowest BCUT2D eigenvalue weighted by atomic mass is 9.81. The monoisotopic (exact) mass is 739 g/mol. The fourth-order valence-corrected chi connectivity index (χ4v) is 7.98. The van der Waals surface area contributed by atoms with Gasteiger partial charge in [-0.05, 0) is 56.4 Å². The summed E-state index contributed by atoms with van der Waals surface area (Å²) in [5.41, 5.74) is 0.573.